The molecule has 0 unspecified atom stereocenters. The van der Waals surface area contributed by atoms with Gasteiger partial charge in [-0.25, -0.2) is 9.78 Å². The SMILES string of the molecule is COc1cccnc1NC(=O)NCCN1CCC2(C1)OCCO2. The monoisotopic (exact) mass is 322 g/mol. The number of nitrogens with zero attached hydrogens (tertiary/aromatic N) is 2. The fraction of sp³-hybridized carbons (Fsp3) is 0.600. The minimum atomic E-state index is -0.413. The van der Waals surface area contributed by atoms with Gasteiger partial charge in [-0.1, -0.05) is 0 Å². The van der Waals surface area contributed by atoms with E-state index >= 15 is 0 Å². The van der Waals surface area contributed by atoms with Crippen molar-refractivity contribution in [1.82, 2.24) is 15.2 Å². The first-order valence-electron chi connectivity index (χ1n) is 7.75. The second kappa shape index (κ2) is 7.12. The summed E-state index contributed by atoms with van der Waals surface area (Å²) in [5.41, 5.74) is 0. The van der Waals surface area contributed by atoms with E-state index in [9.17, 15) is 4.79 Å². The average Bonchev–Trinajstić information content (AvgIpc) is 3.18. The Bertz CT molecular complexity index is 548. The molecule has 2 amide bonds. The summed E-state index contributed by atoms with van der Waals surface area (Å²) < 4.78 is 16.5. The number of urea groups is 1. The maximum atomic E-state index is 11.9. The fourth-order valence-corrected chi connectivity index (χ4v) is 2.88. The number of hydrogen-bond acceptors (Lipinski definition) is 6. The summed E-state index contributed by atoms with van der Waals surface area (Å²) in [7, 11) is 1.54. The number of rotatable bonds is 5. The zero-order chi connectivity index (χ0) is 16.1. The van der Waals surface area contributed by atoms with Crippen LogP contribution in [0.4, 0.5) is 10.6 Å². The van der Waals surface area contributed by atoms with Gasteiger partial charge in [0.1, 0.15) is 0 Å². The lowest BCUT2D eigenvalue weighted by Crippen LogP contribution is -2.39. The van der Waals surface area contributed by atoms with E-state index in [0.717, 1.165) is 26.1 Å². The largest absolute Gasteiger partial charge is 0.493 e. The maximum absolute atomic E-state index is 11.9. The van der Waals surface area contributed by atoms with Gasteiger partial charge in [0.25, 0.3) is 0 Å². The van der Waals surface area contributed by atoms with Gasteiger partial charge in [0.05, 0.1) is 26.9 Å². The smallest absolute Gasteiger partial charge is 0.320 e. The van der Waals surface area contributed by atoms with E-state index < -0.39 is 5.79 Å². The summed E-state index contributed by atoms with van der Waals surface area (Å²) in [5, 5.41) is 5.50. The highest BCUT2D eigenvalue weighted by molar-refractivity contribution is 5.89. The van der Waals surface area contributed by atoms with Gasteiger partial charge in [-0.05, 0) is 12.1 Å². The molecule has 0 saturated carbocycles. The van der Waals surface area contributed by atoms with E-state index in [4.69, 9.17) is 14.2 Å². The number of amides is 2. The van der Waals surface area contributed by atoms with Gasteiger partial charge in [0.2, 0.25) is 0 Å². The van der Waals surface area contributed by atoms with Crippen molar-refractivity contribution in [2.45, 2.75) is 12.2 Å². The third-order valence-electron chi connectivity index (χ3n) is 4.02. The highest BCUT2D eigenvalue weighted by Crippen LogP contribution is 2.29. The number of hydrogen-bond donors (Lipinski definition) is 2. The molecule has 0 atom stereocenters. The third-order valence-corrected chi connectivity index (χ3v) is 4.02. The van der Waals surface area contributed by atoms with Crippen LogP contribution in [0.3, 0.4) is 0 Å². The van der Waals surface area contributed by atoms with Gasteiger partial charge < -0.3 is 19.5 Å². The lowest BCUT2D eigenvalue weighted by Gasteiger charge is -2.22. The Hall–Kier alpha value is -1.90. The molecule has 3 rings (SSSR count). The fourth-order valence-electron chi connectivity index (χ4n) is 2.88. The standard InChI is InChI=1S/C15H22N4O4/c1-21-12-3-2-5-16-13(12)18-14(20)17-6-8-19-7-4-15(11-19)22-9-10-23-15/h2-3,5H,4,6-11H2,1H3,(H2,16,17,18,20). The van der Waals surface area contributed by atoms with Crippen LogP contribution in [0.1, 0.15) is 6.42 Å². The zero-order valence-electron chi connectivity index (χ0n) is 13.2. The summed E-state index contributed by atoms with van der Waals surface area (Å²) in [4.78, 5) is 18.2. The Morgan fingerprint density at radius 3 is 3.09 bits per heavy atom. The van der Waals surface area contributed by atoms with Crippen LogP contribution < -0.4 is 15.4 Å². The summed E-state index contributed by atoms with van der Waals surface area (Å²) in [6.07, 6.45) is 2.48. The number of carbonyl (C=O) groups excluding carboxylic acids is 1. The van der Waals surface area contributed by atoms with Gasteiger partial charge in [0, 0.05) is 32.3 Å². The molecule has 2 N–H and O–H groups in total. The van der Waals surface area contributed by atoms with Crippen LogP contribution in [0.5, 0.6) is 5.75 Å². The number of aromatic nitrogens is 1. The Morgan fingerprint density at radius 1 is 1.48 bits per heavy atom. The number of methoxy groups -OCH3 is 1. The molecule has 3 heterocycles. The first-order chi connectivity index (χ1) is 11.2. The van der Waals surface area contributed by atoms with Gasteiger partial charge in [0.15, 0.2) is 17.4 Å². The van der Waals surface area contributed by atoms with Gasteiger partial charge >= 0.3 is 6.03 Å². The van der Waals surface area contributed by atoms with E-state index in [1.807, 2.05) is 0 Å². The molecule has 0 aromatic carbocycles. The Labute approximate surface area is 135 Å². The van der Waals surface area contributed by atoms with Gasteiger partial charge in [-0.2, -0.15) is 0 Å². The third kappa shape index (κ3) is 3.90. The molecule has 2 aliphatic heterocycles. The van der Waals surface area contributed by atoms with Crippen molar-refractivity contribution in [1.29, 1.82) is 0 Å². The molecular weight excluding hydrogens is 300 g/mol. The molecule has 126 valence electrons. The molecule has 2 fully saturated rings. The van der Waals surface area contributed by atoms with E-state index in [2.05, 4.69) is 20.5 Å². The summed E-state index contributed by atoms with van der Waals surface area (Å²) >= 11 is 0. The topological polar surface area (TPSA) is 85.0 Å². The van der Waals surface area contributed by atoms with Gasteiger partial charge in [-0.15, -0.1) is 0 Å². The van der Waals surface area contributed by atoms with Crippen molar-refractivity contribution >= 4 is 11.8 Å². The molecular formula is C15H22N4O4. The molecule has 1 aromatic heterocycles. The molecule has 2 saturated heterocycles. The molecule has 0 radical (unpaired) electrons. The quantitative estimate of drug-likeness (QED) is 0.828. The number of nitrogens with one attached hydrogen (secondary N) is 2. The Balaban J connectivity index is 1.40. The number of anilines is 1. The lowest BCUT2D eigenvalue weighted by molar-refractivity contribution is -0.145. The van der Waals surface area contributed by atoms with Crippen LogP contribution in [0.25, 0.3) is 0 Å². The highest BCUT2D eigenvalue weighted by Gasteiger charge is 2.42. The van der Waals surface area contributed by atoms with Crippen molar-refractivity contribution in [2.75, 3.05) is 51.8 Å². The van der Waals surface area contributed by atoms with Crippen LogP contribution in [0.15, 0.2) is 18.3 Å². The maximum Gasteiger partial charge on any atom is 0.320 e. The lowest BCUT2D eigenvalue weighted by atomic mass is 10.2. The van der Waals surface area contributed by atoms with Crippen LogP contribution >= 0.6 is 0 Å². The number of ether oxygens (including phenoxy) is 3. The van der Waals surface area contributed by atoms with Crippen molar-refractivity contribution in [3.63, 3.8) is 0 Å². The molecule has 8 heteroatoms. The first-order valence-corrected chi connectivity index (χ1v) is 7.75. The van der Waals surface area contributed by atoms with Crippen molar-refractivity contribution < 1.29 is 19.0 Å². The van der Waals surface area contributed by atoms with Crippen molar-refractivity contribution in [3.05, 3.63) is 18.3 Å². The van der Waals surface area contributed by atoms with Crippen molar-refractivity contribution in [3.8, 4) is 5.75 Å². The molecule has 2 aliphatic rings. The van der Waals surface area contributed by atoms with E-state index in [0.29, 0.717) is 31.3 Å². The van der Waals surface area contributed by atoms with E-state index in [1.165, 1.54) is 7.11 Å². The Morgan fingerprint density at radius 2 is 2.30 bits per heavy atom. The first kappa shape index (κ1) is 16.0. The molecule has 8 nitrogen and oxygen atoms in total. The minimum absolute atomic E-state index is 0.302. The van der Waals surface area contributed by atoms with Crippen LogP contribution in [-0.4, -0.2) is 68.2 Å². The molecule has 0 aliphatic carbocycles. The molecule has 1 spiro atoms. The highest BCUT2D eigenvalue weighted by atomic mass is 16.7. The summed E-state index contributed by atoms with van der Waals surface area (Å²) in [5.74, 6) is 0.517. The Kier molecular flexibility index (Phi) is 4.94. The molecule has 23 heavy (non-hydrogen) atoms. The second-order valence-corrected chi connectivity index (χ2v) is 5.57. The number of likely N-dealkylation sites (tertiary alicyclic amines) is 1. The summed E-state index contributed by atoms with van der Waals surface area (Å²) in [6.45, 7) is 4.29. The van der Waals surface area contributed by atoms with Crippen LogP contribution in [0.2, 0.25) is 0 Å². The zero-order valence-corrected chi connectivity index (χ0v) is 13.2. The normalized spacial score (nSPS) is 19.9. The number of carbonyl (C=O) groups is 1. The number of pyridine rings is 1. The van der Waals surface area contributed by atoms with Gasteiger partial charge in [-0.3, -0.25) is 10.2 Å². The van der Waals surface area contributed by atoms with Crippen LogP contribution in [0, 0.1) is 0 Å². The predicted octanol–water partition coefficient (Wildman–Crippen LogP) is 0.661. The van der Waals surface area contributed by atoms with Crippen LogP contribution in [-0.2, 0) is 9.47 Å². The average molecular weight is 322 g/mol. The van der Waals surface area contributed by atoms with E-state index in [-0.39, 0.29) is 6.03 Å². The van der Waals surface area contributed by atoms with E-state index in [1.54, 1.807) is 18.3 Å². The second-order valence-electron chi connectivity index (χ2n) is 5.57. The molecule has 0 bridgehead atoms. The van der Waals surface area contributed by atoms with Crippen molar-refractivity contribution in [2.24, 2.45) is 0 Å². The summed E-state index contributed by atoms with van der Waals surface area (Å²) in [6, 6.07) is 3.19. The predicted molar refractivity (Wildman–Crippen MR) is 83.5 cm³/mol. The molecule has 1 aromatic rings. The minimum Gasteiger partial charge on any atom is -0.493 e.